The SMILES string of the molecule is Cc1cc(-c2[c-]cccc2)ncc1[Si](C)(C)C.[Ir].[c-]1cc(-c2ccccc2)c2c(oc3ccccc32)c1-c1cc2ccccc2cn1. The molecule has 8 rings (SSSR count). The molecule has 0 spiro atoms. The van der Waals surface area contributed by atoms with Crippen LogP contribution in [0.4, 0.5) is 0 Å². The molecule has 0 atom stereocenters. The molecule has 0 aliphatic heterocycles. The van der Waals surface area contributed by atoms with Gasteiger partial charge in [0.15, 0.2) is 0 Å². The number of hydrogen-bond acceptors (Lipinski definition) is 3. The van der Waals surface area contributed by atoms with E-state index in [1.54, 1.807) is 0 Å². The summed E-state index contributed by atoms with van der Waals surface area (Å²) in [5, 5.41) is 5.94. The summed E-state index contributed by atoms with van der Waals surface area (Å²) in [6, 6.07) is 47.9. The van der Waals surface area contributed by atoms with Gasteiger partial charge in [-0.2, -0.15) is 0 Å². The van der Waals surface area contributed by atoms with Gasteiger partial charge in [0.25, 0.3) is 0 Å². The number of fused-ring (bicyclic) bond motifs is 4. The molecular weight excluding hydrogens is 769 g/mol. The molecule has 0 saturated heterocycles. The summed E-state index contributed by atoms with van der Waals surface area (Å²) in [6.45, 7) is 9.24. The van der Waals surface area contributed by atoms with E-state index < -0.39 is 8.07 Å². The van der Waals surface area contributed by atoms with Crippen molar-refractivity contribution in [2.45, 2.75) is 26.6 Å². The number of nitrogens with zero attached hydrogens (tertiary/aromatic N) is 2. The Labute approximate surface area is 290 Å². The van der Waals surface area contributed by atoms with Crippen LogP contribution in [0.2, 0.25) is 19.6 Å². The second kappa shape index (κ2) is 13.6. The molecule has 0 unspecified atom stereocenters. The number of pyridine rings is 2. The fraction of sp³-hybridized carbons (Fsp3) is 0.0952. The summed E-state index contributed by atoms with van der Waals surface area (Å²) in [6.07, 6.45) is 3.97. The van der Waals surface area contributed by atoms with Gasteiger partial charge in [-0.25, -0.2) is 0 Å². The normalized spacial score (nSPS) is 11.2. The largest absolute Gasteiger partial charge is 0.501 e. The zero-order chi connectivity index (χ0) is 31.7. The second-order valence-corrected chi connectivity index (χ2v) is 17.6. The van der Waals surface area contributed by atoms with Crippen LogP contribution in [-0.4, -0.2) is 18.0 Å². The van der Waals surface area contributed by atoms with E-state index in [-0.39, 0.29) is 20.1 Å². The Morgan fingerprint density at radius 2 is 1.38 bits per heavy atom. The maximum atomic E-state index is 6.34. The zero-order valence-electron chi connectivity index (χ0n) is 26.8. The summed E-state index contributed by atoms with van der Waals surface area (Å²) in [7, 11) is -1.27. The van der Waals surface area contributed by atoms with Gasteiger partial charge in [-0.3, -0.25) is 0 Å². The average molecular weight is 803 g/mol. The van der Waals surface area contributed by atoms with E-state index in [0.717, 1.165) is 66.4 Å². The maximum Gasteiger partial charge on any atom is 0.120 e. The summed E-state index contributed by atoms with van der Waals surface area (Å²) >= 11 is 0. The van der Waals surface area contributed by atoms with Crippen molar-refractivity contribution in [2.75, 3.05) is 0 Å². The molecule has 0 aliphatic rings. The molecule has 0 amide bonds. The fourth-order valence-electron chi connectivity index (χ4n) is 6.07. The van der Waals surface area contributed by atoms with Gasteiger partial charge >= 0.3 is 0 Å². The van der Waals surface area contributed by atoms with Crippen molar-refractivity contribution in [3.63, 3.8) is 0 Å². The van der Waals surface area contributed by atoms with Gasteiger partial charge in [-0.05, 0) is 45.7 Å². The molecule has 47 heavy (non-hydrogen) atoms. The molecule has 8 aromatic rings. The first-order chi connectivity index (χ1) is 22.4. The van der Waals surface area contributed by atoms with Crippen LogP contribution in [0.1, 0.15) is 5.56 Å². The Balaban J connectivity index is 0.000000185. The predicted molar refractivity (Wildman–Crippen MR) is 195 cm³/mol. The van der Waals surface area contributed by atoms with E-state index in [1.165, 1.54) is 10.8 Å². The number of rotatable bonds is 4. The first kappa shape index (κ1) is 32.3. The van der Waals surface area contributed by atoms with Crippen LogP contribution in [0.5, 0.6) is 0 Å². The van der Waals surface area contributed by atoms with Crippen molar-refractivity contribution >= 4 is 46.0 Å². The molecule has 0 fully saturated rings. The molecule has 3 nitrogen and oxygen atoms in total. The first-order valence-corrected chi connectivity index (χ1v) is 19.1. The molecule has 3 aromatic heterocycles. The third-order valence-electron chi connectivity index (χ3n) is 8.33. The molecule has 0 N–H and O–H groups in total. The Hall–Kier alpha value is -4.67. The van der Waals surface area contributed by atoms with Crippen molar-refractivity contribution in [1.82, 2.24) is 9.97 Å². The Morgan fingerprint density at radius 3 is 2.13 bits per heavy atom. The van der Waals surface area contributed by atoms with Crippen molar-refractivity contribution in [3.05, 3.63) is 151 Å². The van der Waals surface area contributed by atoms with Gasteiger partial charge < -0.3 is 14.4 Å². The predicted octanol–water partition coefficient (Wildman–Crippen LogP) is 10.7. The minimum absolute atomic E-state index is 0. The van der Waals surface area contributed by atoms with E-state index in [4.69, 9.17) is 9.40 Å². The van der Waals surface area contributed by atoms with Crippen LogP contribution in [0.3, 0.4) is 0 Å². The van der Waals surface area contributed by atoms with Gasteiger partial charge in [0.2, 0.25) is 0 Å². The summed E-state index contributed by atoms with van der Waals surface area (Å²) in [5.74, 6) is 0. The Bertz CT molecular complexity index is 2310. The van der Waals surface area contributed by atoms with Crippen molar-refractivity contribution in [2.24, 2.45) is 0 Å². The fourth-order valence-corrected chi connectivity index (χ4v) is 7.78. The molecule has 0 saturated carbocycles. The minimum Gasteiger partial charge on any atom is -0.501 e. The third kappa shape index (κ3) is 6.61. The molecule has 233 valence electrons. The van der Waals surface area contributed by atoms with Crippen LogP contribution in [-0.2, 0) is 20.1 Å². The van der Waals surface area contributed by atoms with Crippen molar-refractivity contribution in [1.29, 1.82) is 0 Å². The standard InChI is InChI=1S/C27H16NO.C15H18NSi.Ir/c1-2-8-18(9-3-1)21-14-15-22(24-16-19-10-4-5-11-20(19)17-28-24)27-26(21)23-12-6-7-13-25(23)29-27;1-12-10-14(13-8-6-5-7-9-13)16-11-15(12)17(2,3)4;/h1-14,16-17H;5-8,10-11H,1-4H3;/q2*-1;. The number of aryl methyl sites for hydroxylation is 1. The molecule has 5 heteroatoms. The number of para-hydroxylation sites is 1. The molecule has 0 bridgehead atoms. The second-order valence-electron chi connectivity index (χ2n) is 12.6. The summed E-state index contributed by atoms with van der Waals surface area (Å²) < 4.78 is 6.34. The Morgan fingerprint density at radius 1 is 0.681 bits per heavy atom. The maximum absolute atomic E-state index is 6.34. The monoisotopic (exact) mass is 803 g/mol. The Kier molecular flexibility index (Phi) is 9.33. The van der Waals surface area contributed by atoms with Crippen LogP contribution in [0.25, 0.3) is 66.4 Å². The van der Waals surface area contributed by atoms with Crippen LogP contribution in [0.15, 0.2) is 138 Å². The number of aromatic nitrogens is 2. The van der Waals surface area contributed by atoms with Gasteiger partial charge in [0.05, 0.1) is 13.7 Å². The number of benzene rings is 5. The number of hydrogen-bond donors (Lipinski definition) is 0. The molecule has 1 radical (unpaired) electrons. The topological polar surface area (TPSA) is 38.9 Å². The first-order valence-electron chi connectivity index (χ1n) is 15.6. The van der Waals surface area contributed by atoms with Crippen LogP contribution in [0, 0.1) is 19.1 Å². The summed E-state index contributed by atoms with van der Waals surface area (Å²) in [4.78, 5) is 9.29. The molecular formula is C42H34IrN2OSi-2. The van der Waals surface area contributed by atoms with E-state index >= 15 is 0 Å². The average Bonchev–Trinajstić information content (AvgIpc) is 3.48. The van der Waals surface area contributed by atoms with E-state index in [9.17, 15) is 0 Å². The van der Waals surface area contributed by atoms with Gasteiger partial charge in [-0.15, -0.1) is 48.0 Å². The molecule has 5 aromatic carbocycles. The smallest absolute Gasteiger partial charge is 0.120 e. The van der Waals surface area contributed by atoms with E-state index in [1.807, 2.05) is 54.7 Å². The zero-order valence-corrected chi connectivity index (χ0v) is 30.2. The van der Waals surface area contributed by atoms with Gasteiger partial charge in [0.1, 0.15) is 5.58 Å². The van der Waals surface area contributed by atoms with Crippen molar-refractivity contribution in [3.8, 4) is 33.6 Å². The van der Waals surface area contributed by atoms with E-state index in [0.29, 0.717) is 0 Å². The molecule has 3 heterocycles. The van der Waals surface area contributed by atoms with E-state index in [2.05, 4.69) is 123 Å². The van der Waals surface area contributed by atoms with Gasteiger partial charge in [-0.1, -0.05) is 127 Å². The third-order valence-corrected chi connectivity index (χ3v) is 10.5. The number of furan rings is 1. The molecule has 0 aliphatic carbocycles. The van der Waals surface area contributed by atoms with Gasteiger partial charge in [0, 0.05) is 37.9 Å². The quantitative estimate of drug-likeness (QED) is 0.131. The summed E-state index contributed by atoms with van der Waals surface area (Å²) in [5.41, 5.74) is 9.17. The van der Waals surface area contributed by atoms with Crippen LogP contribution >= 0.6 is 0 Å². The minimum atomic E-state index is -1.27. The van der Waals surface area contributed by atoms with Crippen molar-refractivity contribution < 1.29 is 24.5 Å². The van der Waals surface area contributed by atoms with Crippen LogP contribution < -0.4 is 5.19 Å².